The topological polar surface area (TPSA) is 30.2 Å². The Morgan fingerprint density at radius 2 is 2.00 bits per heavy atom. The van der Waals surface area contributed by atoms with Crippen LogP contribution in [0.3, 0.4) is 0 Å². The highest BCUT2D eigenvalue weighted by Gasteiger charge is 1.94. The highest BCUT2D eigenvalue weighted by molar-refractivity contribution is 5.83. The van der Waals surface area contributed by atoms with Gasteiger partial charge in [0.25, 0.3) is 0 Å². The fourth-order valence-corrected chi connectivity index (χ4v) is 0.726. The Morgan fingerprint density at radius 3 is 2.58 bits per heavy atom. The molecule has 12 heavy (non-hydrogen) atoms. The van der Waals surface area contributed by atoms with Gasteiger partial charge in [0, 0.05) is 12.1 Å². The van der Waals surface area contributed by atoms with Gasteiger partial charge in [-0.15, -0.1) is 0 Å². The maximum atomic E-state index is 10.7. The van der Waals surface area contributed by atoms with Crippen molar-refractivity contribution in [2.75, 3.05) is 7.11 Å². The molecule has 0 unspecified atom stereocenters. The number of hydrogen-bond acceptors (Lipinski definition) is 2. The smallest absolute Gasteiger partial charge is 0.336 e. The molecule has 0 N–H and O–H groups in total. The van der Waals surface area contributed by atoms with E-state index in [1.54, 1.807) is 10.8 Å². The normalized spacial score (nSPS) is 10.1. The van der Waals surface area contributed by atoms with Crippen molar-refractivity contribution in [2.45, 2.75) is 0 Å². The lowest BCUT2D eigenvalue weighted by atomic mass is 10.5. The number of rotatable bonds is 2. The van der Waals surface area contributed by atoms with Crippen LogP contribution >= 0.6 is 0 Å². The highest BCUT2D eigenvalue weighted by atomic mass is 16.5. The van der Waals surface area contributed by atoms with E-state index in [1.165, 1.54) is 13.2 Å². The Balaban J connectivity index is 2.64. The molecule has 0 aliphatic carbocycles. The number of methoxy groups -OCH3 is 1. The molecule has 0 atom stereocenters. The van der Waals surface area contributed by atoms with Gasteiger partial charge in [0.05, 0.1) is 13.2 Å². The number of pyridine rings is 1. The molecule has 62 valence electrons. The summed E-state index contributed by atoms with van der Waals surface area (Å²) in [6, 6.07) is 5.66. The van der Waals surface area contributed by atoms with Crippen molar-refractivity contribution in [1.29, 1.82) is 0 Å². The second-order valence-corrected chi connectivity index (χ2v) is 2.16. The van der Waals surface area contributed by atoms with Crippen molar-refractivity contribution in [3.63, 3.8) is 0 Å². The molecule has 0 aliphatic heterocycles. The predicted molar refractivity (Wildman–Crippen MR) is 44.0 cm³/mol. The zero-order chi connectivity index (χ0) is 8.81. The fraction of sp³-hybridized carbons (Fsp3) is 0.111. The molecule has 0 bridgehead atoms. The lowest BCUT2D eigenvalue weighted by molar-refractivity contribution is -0.568. The zero-order valence-electron chi connectivity index (χ0n) is 6.81. The SMILES string of the molecule is COC(=O)/C=C/[n+]1ccccc1. The minimum absolute atomic E-state index is 0.355. The first-order valence-electron chi connectivity index (χ1n) is 3.55. The van der Waals surface area contributed by atoms with E-state index in [4.69, 9.17) is 0 Å². The van der Waals surface area contributed by atoms with Crippen LogP contribution in [0.15, 0.2) is 36.7 Å². The van der Waals surface area contributed by atoms with Gasteiger partial charge >= 0.3 is 5.97 Å². The van der Waals surface area contributed by atoms with Crippen molar-refractivity contribution in [2.24, 2.45) is 0 Å². The molecule has 1 aromatic rings. The van der Waals surface area contributed by atoms with Crippen LogP contribution in [-0.4, -0.2) is 13.1 Å². The van der Waals surface area contributed by atoms with Crippen LogP contribution in [0.2, 0.25) is 0 Å². The average Bonchev–Trinajstić information content (AvgIpc) is 2.16. The van der Waals surface area contributed by atoms with Gasteiger partial charge in [0.1, 0.15) is 0 Å². The Bertz CT molecular complexity index is 280. The fourth-order valence-electron chi connectivity index (χ4n) is 0.726. The quantitative estimate of drug-likeness (QED) is 0.364. The number of carbonyl (C=O) groups is 1. The van der Waals surface area contributed by atoms with Crippen LogP contribution in [0.25, 0.3) is 6.20 Å². The third-order valence-corrected chi connectivity index (χ3v) is 1.32. The second kappa shape index (κ2) is 4.28. The van der Waals surface area contributed by atoms with Crippen LogP contribution in [0.1, 0.15) is 0 Å². The van der Waals surface area contributed by atoms with Crippen molar-refractivity contribution in [3.05, 3.63) is 36.7 Å². The van der Waals surface area contributed by atoms with Crippen LogP contribution in [-0.2, 0) is 9.53 Å². The van der Waals surface area contributed by atoms with Crippen molar-refractivity contribution in [3.8, 4) is 0 Å². The number of ether oxygens (including phenoxy) is 1. The van der Waals surface area contributed by atoms with E-state index in [2.05, 4.69) is 4.74 Å². The van der Waals surface area contributed by atoms with Gasteiger partial charge in [0.15, 0.2) is 18.6 Å². The summed E-state index contributed by atoms with van der Waals surface area (Å²) < 4.78 is 6.19. The molecule has 0 aliphatic rings. The summed E-state index contributed by atoms with van der Waals surface area (Å²) >= 11 is 0. The summed E-state index contributed by atoms with van der Waals surface area (Å²) in [6.45, 7) is 0. The molecule has 1 heterocycles. The molecule has 0 spiro atoms. The number of nitrogens with zero attached hydrogens (tertiary/aromatic N) is 1. The molecule has 3 nitrogen and oxygen atoms in total. The molecular formula is C9H10NO2+. The molecule has 0 saturated carbocycles. The van der Waals surface area contributed by atoms with Crippen molar-refractivity contribution in [1.82, 2.24) is 0 Å². The number of hydrogen-bond donors (Lipinski definition) is 0. The average molecular weight is 164 g/mol. The molecule has 0 amide bonds. The highest BCUT2D eigenvalue weighted by Crippen LogP contribution is 1.79. The molecule has 1 aromatic heterocycles. The first kappa shape index (κ1) is 8.46. The summed E-state index contributed by atoms with van der Waals surface area (Å²) in [7, 11) is 1.35. The minimum Gasteiger partial charge on any atom is -0.466 e. The van der Waals surface area contributed by atoms with Crippen LogP contribution in [0, 0.1) is 0 Å². The van der Waals surface area contributed by atoms with Gasteiger partial charge in [0.2, 0.25) is 0 Å². The molecule has 0 aromatic carbocycles. The van der Waals surface area contributed by atoms with E-state index in [0.29, 0.717) is 0 Å². The molecule has 0 radical (unpaired) electrons. The van der Waals surface area contributed by atoms with Gasteiger partial charge in [-0.3, -0.25) is 0 Å². The zero-order valence-corrected chi connectivity index (χ0v) is 6.81. The van der Waals surface area contributed by atoms with E-state index < -0.39 is 0 Å². The van der Waals surface area contributed by atoms with Gasteiger partial charge < -0.3 is 4.74 Å². The molecule has 0 fully saturated rings. The van der Waals surface area contributed by atoms with Gasteiger partial charge in [-0.2, -0.15) is 4.57 Å². The summed E-state index contributed by atoms with van der Waals surface area (Å²) in [5.41, 5.74) is 0. The lowest BCUT2D eigenvalue weighted by Gasteiger charge is -1.87. The minimum atomic E-state index is -0.355. The predicted octanol–water partition coefficient (Wildman–Crippen LogP) is 0.618. The largest absolute Gasteiger partial charge is 0.466 e. The maximum Gasteiger partial charge on any atom is 0.336 e. The first-order chi connectivity index (χ1) is 5.83. The van der Waals surface area contributed by atoms with Crippen molar-refractivity contribution >= 4 is 12.2 Å². The van der Waals surface area contributed by atoms with Gasteiger partial charge in [-0.1, -0.05) is 6.07 Å². The first-order valence-corrected chi connectivity index (χ1v) is 3.55. The number of esters is 1. The summed E-state index contributed by atoms with van der Waals surface area (Å²) in [5.74, 6) is -0.355. The standard InChI is InChI=1S/C9H10NO2/c1-12-9(11)5-8-10-6-3-2-4-7-10/h2-8H,1H3/q+1/b8-5+. The molecular weight excluding hydrogens is 154 g/mol. The van der Waals surface area contributed by atoms with E-state index >= 15 is 0 Å². The lowest BCUT2D eigenvalue weighted by Crippen LogP contribution is -2.24. The number of carbonyl (C=O) groups excluding carboxylic acids is 1. The van der Waals surface area contributed by atoms with Gasteiger partial charge in [-0.25, -0.2) is 4.79 Å². The molecule has 0 saturated heterocycles. The van der Waals surface area contributed by atoms with E-state index in [0.717, 1.165) is 0 Å². The van der Waals surface area contributed by atoms with Crippen LogP contribution in [0.4, 0.5) is 0 Å². The van der Waals surface area contributed by atoms with E-state index in [9.17, 15) is 4.79 Å². The molecule has 1 rings (SSSR count). The Morgan fingerprint density at radius 1 is 1.33 bits per heavy atom. The third-order valence-electron chi connectivity index (χ3n) is 1.32. The summed E-state index contributed by atoms with van der Waals surface area (Å²) in [4.78, 5) is 10.7. The van der Waals surface area contributed by atoms with E-state index in [-0.39, 0.29) is 5.97 Å². The third kappa shape index (κ3) is 2.54. The monoisotopic (exact) mass is 164 g/mol. The number of aromatic nitrogens is 1. The van der Waals surface area contributed by atoms with Gasteiger partial charge in [-0.05, 0) is 0 Å². The summed E-state index contributed by atoms with van der Waals surface area (Å²) in [5, 5.41) is 0. The van der Waals surface area contributed by atoms with E-state index in [1.807, 2.05) is 30.6 Å². The second-order valence-electron chi connectivity index (χ2n) is 2.16. The summed E-state index contributed by atoms with van der Waals surface area (Å²) in [6.07, 6.45) is 6.66. The maximum absolute atomic E-state index is 10.7. The van der Waals surface area contributed by atoms with Crippen LogP contribution in [0.5, 0.6) is 0 Å². The Hall–Kier alpha value is -1.64. The Kier molecular flexibility index (Phi) is 3.02. The Labute approximate surface area is 70.9 Å². The van der Waals surface area contributed by atoms with Crippen molar-refractivity contribution < 1.29 is 14.1 Å². The van der Waals surface area contributed by atoms with Crippen LogP contribution < -0.4 is 4.57 Å². The molecule has 3 heteroatoms.